The van der Waals surface area contributed by atoms with E-state index in [-0.39, 0.29) is 11.4 Å². The first-order valence-electron chi connectivity index (χ1n) is 6.53. The second-order valence-electron chi connectivity index (χ2n) is 5.27. The van der Waals surface area contributed by atoms with Gasteiger partial charge in [0, 0.05) is 23.1 Å². The number of nitriles is 1. The van der Waals surface area contributed by atoms with Crippen LogP contribution in [0.25, 0.3) is 5.69 Å². The fourth-order valence-electron chi connectivity index (χ4n) is 2.73. The normalized spacial score (nSPS) is 19.4. The lowest BCUT2D eigenvalue weighted by Gasteiger charge is -2.16. The number of alkyl halides is 5. The van der Waals surface area contributed by atoms with Crippen molar-refractivity contribution >= 4 is 0 Å². The van der Waals surface area contributed by atoms with Crippen molar-refractivity contribution in [3.8, 4) is 11.8 Å². The number of aromatic nitrogens is 1. The van der Waals surface area contributed by atoms with Crippen LogP contribution in [0.2, 0.25) is 0 Å². The summed E-state index contributed by atoms with van der Waals surface area (Å²) in [6.45, 7) is 0. The molecule has 1 aliphatic rings. The van der Waals surface area contributed by atoms with Gasteiger partial charge < -0.3 is 9.67 Å². The first-order chi connectivity index (χ1) is 10.6. The van der Waals surface area contributed by atoms with Crippen molar-refractivity contribution in [1.29, 1.82) is 5.26 Å². The third kappa shape index (κ3) is 2.37. The minimum absolute atomic E-state index is 0.209. The molecule has 1 atom stereocenters. The molecule has 3 nitrogen and oxygen atoms in total. The van der Waals surface area contributed by atoms with Crippen molar-refractivity contribution in [1.82, 2.24) is 4.57 Å². The predicted molar refractivity (Wildman–Crippen MR) is 69.1 cm³/mol. The molecule has 1 aromatic carbocycles. The molecule has 23 heavy (non-hydrogen) atoms. The number of fused-ring (bicyclic) bond motifs is 1. The Labute approximate surface area is 127 Å². The third-order valence-electron chi connectivity index (χ3n) is 3.81. The molecular formula is C15H9F5N2O. The number of aliphatic hydroxyl groups is 1. The Morgan fingerprint density at radius 1 is 1.22 bits per heavy atom. The van der Waals surface area contributed by atoms with E-state index in [2.05, 4.69) is 0 Å². The quantitative estimate of drug-likeness (QED) is 0.813. The van der Waals surface area contributed by atoms with Crippen LogP contribution in [0.1, 0.15) is 28.5 Å². The van der Waals surface area contributed by atoms with Crippen molar-refractivity contribution < 1.29 is 27.1 Å². The zero-order valence-electron chi connectivity index (χ0n) is 11.4. The molecule has 0 saturated heterocycles. The van der Waals surface area contributed by atoms with Gasteiger partial charge in [-0.2, -0.15) is 18.4 Å². The third-order valence-corrected chi connectivity index (χ3v) is 3.81. The molecule has 0 bridgehead atoms. The molecule has 0 radical (unpaired) electrons. The van der Waals surface area contributed by atoms with Crippen molar-refractivity contribution in [2.45, 2.75) is 24.6 Å². The molecule has 0 saturated carbocycles. The Hall–Kier alpha value is -2.40. The van der Waals surface area contributed by atoms with E-state index in [1.807, 2.05) is 6.07 Å². The molecule has 1 aliphatic carbocycles. The first kappa shape index (κ1) is 15.5. The summed E-state index contributed by atoms with van der Waals surface area (Å²) in [5.41, 5.74) is -1.84. The molecule has 1 heterocycles. The number of benzene rings is 1. The average Bonchev–Trinajstić information content (AvgIpc) is 2.94. The van der Waals surface area contributed by atoms with E-state index in [1.165, 1.54) is 24.3 Å². The Bertz CT molecular complexity index is 799. The molecule has 0 fully saturated rings. The van der Waals surface area contributed by atoms with Crippen molar-refractivity contribution in [3.63, 3.8) is 0 Å². The standard InChI is InChI=1S/C15H9F5N2O/c16-14(17)5-11-12(13(14)23)10(15(18,19)20)7-22(11)9-3-1-8(6-21)2-4-9/h1-4,7,13,23H,5H2. The fourth-order valence-corrected chi connectivity index (χ4v) is 2.73. The monoisotopic (exact) mass is 328 g/mol. The van der Waals surface area contributed by atoms with Crippen molar-refractivity contribution in [2.75, 3.05) is 0 Å². The van der Waals surface area contributed by atoms with Crippen LogP contribution in [0.4, 0.5) is 22.0 Å². The first-order valence-corrected chi connectivity index (χ1v) is 6.53. The zero-order chi connectivity index (χ0) is 17.0. The zero-order valence-corrected chi connectivity index (χ0v) is 11.4. The van der Waals surface area contributed by atoms with Gasteiger partial charge in [-0.25, -0.2) is 8.78 Å². The molecule has 2 aromatic rings. The summed E-state index contributed by atoms with van der Waals surface area (Å²) in [6.07, 6.45) is -7.64. The molecule has 1 unspecified atom stereocenters. The Morgan fingerprint density at radius 2 is 1.83 bits per heavy atom. The summed E-state index contributed by atoms with van der Waals surface area (Å²) in [6, 6.07) is 7.33. The molecular weight excluding hydrogens is 319 g/mol. The van der Waals surface area contributed by atoms with Crippen molar-refractivity contribution in [3.05, 3.63) is 52.8 Å². The fraction of sp³-hybridized carbons (Fsp3) is 0.267. The minimum atomic E-state index is -4.86. The number of aliphatic hydroxyl groups excluding tert-OH is 1. The molecule has 0 aliphatic heterocycles. The summed E-state index contributed by atoms with van der Waals surface area (Å²) in [7, 11) is 0. The molecule has 120 valence electrons. The summed E-state index contributed by atoms with van der Waals surface area (Å²) < 4.78 is 67.6. The van der Waals surface area contributed by atoms with E-state index in [1.54, 1.807) is 0 Å². The van der Waals surface area contributed by atoms with Crippen LogP contribution >= 0.6 is 0 Å². The highest BCUT2D eigenvalue weighted by atomic mass is 19.4. The summed E-state index contributed by atoms with van der Waals surface area (Å²) in [5.74, 6) is -3.65. The van der Waals surface area contributed by atoms with E-state index in [9.17, 15) is 27.1 Å². The van der Waals surface area contributed by atoms with E-state index < -0.39 is 35.8 Å². The van der Waals surface area contributed by atoms with Gasteiger partial charge in [0.15, 0.2) is 0 Å². The second kappa shape index (κ2) is 4.80. The maximum atomic E-state index is 13.7. The largest absolute Gasteiger partial charge is 0.418 e. The van der Waals surface area contributed by atoms with Gasteiger partial charge in [0.25, 0.3) is 5.92 Å². The second-order valence-corrected chi connectivity index (χ2v) is 5.27. The molecule has 1 N–H and O–H groups in total. The van der Waals surface area contributed by atoms with E-state index >= 15 is 0 Å². The van der Waals surface area contributed by atoms with Crippen LogP contribution in [0.15, 0.2) is 30.5 Å². The molecule has 3 rings (SSSR count). The highest BCUT2D eigenvalue weighted by molar-refractivity contribution is 5.49. The lowest BCUT2D eigenvalue weighted by atomic mass is 10.1. The molecule has 8 heteroatoms. The summed E-state index contributed by atoms with van der Waals surface area (Å²) in [5, 5.41) is 18.3. The van der Waals surface area contributed by atoms with Crippen LogP contribution in [0.3, 0.4) is 0 Å². The summed E-state index contributed by atoms with van der Waals surface area (Å²) in [4.78, 5) is 0. The van der Waals surface area contributed by atoms with Gasteiger partial charge in [-0.05, 0) is 24.3 Å². The maximum absolute atomic E-state index is 13.7. The van der Waals surface area contributed by atoms with E-state index in [4.69, 9.17) is 5.26 Å². The van der Waals surface area contributed by atoms with Crippen LogP contribution in [-0.4, -0.2) is 15.6 Å². The van der Waals surface area contributed by atoms with E-state index in [0.29, 0.717) is 11.8 Å². The van der Waals surface area contributed by atoms with Gasteiger partial charge in [-0.3, -0.25) is 0 Å². The van der Waals surface area contributed by atoms with Crippen LogP contribution < -0.4 is 0 Å². The highest BCUT2D eigenvalue weighted by Gasteiger charge is 2.53. The van der Waals surface area contributed by atoms with Gasteiger partial charge in [0.1, 0.15) is 6.10 Å². The number of hydrogen-bond donors (Lipinski definition) is 1. The van der Waals surface area contributed by atoms with Gasteiger partial charge >= 0.3 is 6.18 Å². The van der Waals surface area contributed by atoms with Gasteiger partial charge in [-0.1, -0.05) is 0 Å². The van der Waals surface area contributed by atoms with Gasteiger partial charge in [0.05, 0.1) is 23.6 Å². The van der Waals surface area contributed by atoms with Gasteiger partial charge in [0.2, 0.25) is 0 Å². The smallest absolute Gasteiger partial charge is 0.382 e. The highest BCUT2D eigenvalue weighted by Crippen LogP contribution is 2.49. The molecule has 1 aromatic heterocycles. The minimum Gasteiger partial charge on any atom is -0.382 e. The van der Waals surface area contributed by atoms with Gasteiger partial charge in [-0.15, -0.1) is 0 Å². The number of halogens is 5. The SMILES string of the molecule is N#Cc1ccc(-n2cc(C(F)(F)F)c3c2CC(F)(F)C3O)cc1. The van der Waals surface area contributed by atoms with Crippen LogP contribution in [0, 0.1) is 11.3 Å². The predicted octanol–water partition coefficient (Wildman–Crippen LogP) is 3.59. The average molecular weight is 328 g/mol. The van der Waals surface area contributed by atoms with Crippen LogP contribution in [-0.2, 0) is 12.6 Å². The lowest BCUT2D eigenvalue weighted by molar-refractivity contribution is -0.142. The Kier molecular flexibility index (Phi) is 3.23. The van der Waals surface area contributed by atoms with E-state index in [0.717, 1.165) is 4.57 Å². The lowest BCUT2D eigenvalue weighted by Crippen LogP contribution is -2.23. The molecule has 0 spiro atoms. The van der Waals surface area contributed by atoms with Crippen molar-refractivity contribution in [2.24, 2.45) is 0 Å². The Balaban J connectivity index is 2.20. The van der Waals surface area contributed by atoms with Crippen LogP contribution in [0.5, 0.6) is 0 Å². The number of rotatable bonds is 1. The topological polar surface area (TPSA) is 49.0 Å². The number of hydrogen-bond acceptors (Lipinski definition) is 2. The maximum Gasteiger partial charge on any atom is 0.418 e. The number of nitrogens with zero attached hydrogens (tertiary/aromatic N) is 2. The summed E-state index contributed by atoms with van der Waals surface area (Å²) >= 11 is 0. The Morgan fingerprint density at radius 3 is 2.35 bits per heavy atom. The molecule has 0 amide bonds.